The van der Waals surface area contributed by atoms with Crippen LogP contribution in [0.25, 0.3) is 0 Å². The average Bonchev–Trinajstić information content (AvgIpc) is 3.18. The van der Waals surface area contributed by atoms with Gasteiger partial charge in [-0.05, 0) is 49.2 Å². The first kappa shape index (κ1) is 19.6. The maximum atomic E-state index is 12.8. The molecule has 1 unspecified atom stereocenters. The summed E-state index contributed by atoms with van der Waals surface area (Å²) in [6.45, 7) is 9.23. The zero-order chi connectivity index (χ0) is 20.4. The summed E-state index contributed by atoms with van der Waals surface area (Å²) in [7, 11) is 2.06. The Hall–Kier alpha value is -2.73. The van der Waals surface area contributed by atoms with Gasteiger partial charge in [0.25, 0.3) is 5.91 Å². The zero-order valence-electron chi connectivity index (χ0n) is 17.5. The second kappa shape index (κ2) is 8.33. The van der Waals surface area contributed by atoms with Crippen molar-refractivity contribution < 1.29 is 19.2 Å². The maximum absolute atomic E-state index is 12.8. The van der Waals surface area contributed by atoms with E-state index < -0.39 is 0 Å². The van der Waals surface area contributed by atoms with E-state index in [0.717, 1.165) is 49.8 Å². The molecule has 6 heteroatoms. The number of hydrogen-bond donors (Lipinski definition) is 1. The Labute approximate surface area is 172 Å². The standard InChI is InChI=1S/C23H29N3O3/c1-17-5-4-6-20(18(17)2)25-9-11-26(12-10-25)23(27)15-24(3)14-19-7-8-21-22(13-19)29-16-28-21/h4-8,13H,9-12,14-16H2,1-3H3/p+1. The molecular formula is C23H30N3O3+. The number of rotatable bonds is 5. The van der Waals surface area contributed by atoms with Crippen molar-refractivity contribution in [1.29, 1.82) is 0 Å². The minimum atomic E-state index is 0.226. The first-order valence-electron chi connectivity index (χ1n) is 10.3. The molecule has 0 bridgehead atoms. The van der Waals surface area contributed by atoms with Crippen molar-refractivity contribution in [2.45, 2.75) is 20.4 Å². The molecule has 1 atom stereocenters. The molecule has 2 aliphatic rings. The molecule has 1 saturated heterocycles. The van der Waals surface area contributed by atoms with Crippen LogP contribution in [-0.2, 0) is 11.3 Å². The summed E-state index contributed by atoms with van der Waals surface area (Å²) in [4.78, 5) is 18.4. The van der Waals surface area contributed by atoms with Gasteiger partial charge >= 0.3 is 0 Å². The summed E-state index contributed by atoms with van der Waals surface area (Å²) < 4.78 is 10.8. The molecule has 2 heterocycles. The molecule has 0 aromatic heterocycles. The lowest BCUT2D eigenvalue weighted by Gasteiger charge is -2.37. The highest BCUT2D eigenvalue weighted by atomic mass is 16.7. The number of likely N-dealkylation sites (N-methyl/N-ethyl adjacent to an activating group) is 1. The van der Waals surface area contributed by atoms with Crippen molar-refractivity contribution in [3.8, 4) is 11.5 Å². The third-order valence-electron chi connectivity index (χ3n) is 5.94. The van der Waals surface area contributed by atoms with Crippen LogP contribution in [0.4, 0.5) is 5.69 Å². The number of amides is 1. The topological polar surface area (TPSA) is 46.5 Å². The van der Waals surface area contributed by atoms with Gasteiger partial charge in [0, 0.05) is 37.4 Å². The zero-order valence-corrected chi connectivity index (χ0v) is 17.5. The molecule has 0 spiro atoms. The monoisotopic (exact) mass is 396 g/mol. The predicted octanol–water partition coefficient (Wildman–Crippen LogP) is 1.40. The van der Waals surface area contributed by atoms with E-state index in [1.807, 2.05) is 23.1 Å². The molecule has 6 nitrogen and oxygen atoms in total. The number of anilines is 1. The highest BCUT2D eigenvalue weighted by Crippen LogP contribution is 2.32. The number of benzene rings is 2. The van der Waals surface area contributed by atoms with Crippen LogP contribution in [0.2, 0.25) is 0 Å². The average molecular weight is 397 g/mol. The number of quaternary nitrogens is 1. The summed E-state index contributed by atoms with van der Waals surface area (Å²) in [5.41, 5.74) is 5.09. The molecular weight excluding hydrogens is 366 g/mol. The number of nitrogens with one attached hydrogen (secondary N) is 1. The molecule has 0 aliphatic carbocycles. The fourth-order valence-corrected chi connectivity index (χ4v) is 4.11. The van der Waals surface area contributed by atoms with Gasteiger partial charge in [-0.15, -0.1) is 0 Å². The number of piperazine rings is 1. The van der Waals surface area contributed by atoms with E-state index in [1.54, 1.807) is 0 Å². The Morgan fingerprint density at radius 3 is 2.59 bits per heavy atom. The summed E-state index contributed by atoms with van der Waals surface area (Å²) in [6.07, 6.45) is 0. The van der Waals surface area contributed by atoms with Gasteiger partial charge in [-0.25, -0.2) is 0 Å². The van der Waals surface area contributed by atoms with E-state index in [0.29, 0.717) is 6.54 Å². The van der Waals surface area contributed by atoms with E-state index in [2.05, 4.69) is 44.0 Å². The van der Waals surface area contributed by atoms with Gasteiger partial charge in [-0.2, -0.15) is 0 Å². The van der Waals surface area contributed by atoms with Gasteiger partial charge in [0.1, 0.15) is 6.54 Å². The number of hydrogen-bond acceptors (Lipinski definition) is 4. The second-order valence-electron chi connectivity index (χ2n) is 8.09. The van der Waals surface area contributed by atoms with Crippen LogP contribution < -0.4 is 19.3 Å². The maximum Gasteiger partial charge on any atom is 0.277 e. The van der Waals surface area contributed by atoms with Crippen LogP contribution in [0.5, 0.6) is 11.5 Å². The van der Waals surface area contributed by atoms with E-state index >= 15 is 0 Å². The number of carbonyl (C=O) groups excluding carboxylic acids is 1. The Morgan fingerprint density at radius 2 is 1.79 bits per heavy atom. The van der Waals surface area contributed by atoms with Gasteiger partial charge in [0.15, 0.2) is 18.0 Å². The van der Waals surface area contributed by atoms with E-state index in [1.165, 1.54) is 21.7 Å². The number of carbonyl (C=O) groups is 1. The van der Waals surface area contributed by atoms with Crippen molar-refractivity contribution in [2.24, 2.45) is 0 Å². The van der Waals surface area contributed by atoms with Gasteiger partial charge in [-0.3, -0.25) is 4.79 Å². The quantitative estimate of drug-likeness (QED) is 0.830. The van der Waals surface area contributed by atoms with E-state index in [-0.39, 0.29) is 12.7 Å². The van der Waals surface area contributed by atoms with Crippen LogP contribution in [0.3, 0.4) is 0 Å². The molecule has 4 rings (SSSR count). The van der Waals surface area contributed by atoms with Crippen LogP contribution in [-0.4, -0.2) is 57.4 Å². The Bertz CT molecular complexity index is 891. The van der Waals surface area contributed by atoms with Gasteiger partial charge in [0.2, 0.25) is 6.79 Å². The van der Waals surface area contributed by atoms with Crippen molar-refractivity contribution >= 4 is 11.6 Å². The molecule has 29 heavy (non-hydrogen) atoms. The molecule has 1 N–H and O–H groups in total. The lowest BCUT2D eigenvalue weighted by atomic mass is 10.1. The van der Waals surface area contributed by atoms with Crippen LogP contribution in [0.15, 0.2) is 36.4 Å². The number of nitrogens with zero attached hydrogens (tertiary/aromatic N) is 2. The second-order valence-corrected chi connectivity index (χ2v) is 8.09. The van der Waals surface area contributed by atoms with Crippen molar-refractivity contribution in [1.82, 2.24) is 4.90 Å². The van der Waals surface area contributed by atoms with Crippen molar-refractivity contribution in [2.75, 3.05) is 51.5 Å². The third-order valence-corrected chi connectivity index (χ3v) is 5.94. The Morgan fingerprint density at radius 1 is 1.03 bits per heavy atom. The molecule has 1 amide bonds. The summed E-state index contributed by atoms with van der Waals surface area (Å²) >= 11 is 0. The fourth-order valence-electron chi connectivity index (χ4n) is 4.11. The lowest BCUT2D eigenvalue weighted by molar-refractivity contribution is -0.885. The normalized spacial score (nSPS) is 16.8. The first-order valence-corrected chi connectivity index (χ1v) is 10.3. The summed E-state index contributed by atoms with van der Waals surface area (Å²) in [5, 5.41) is 0. The molecule has 2 aliphatic heterocycles. The Balaban J connectivity index is 1.29. The SMILES string of the molecule is Cc1cccc(N2CCN(C(=O)C[NH+](C)Cc3ccc4c(c3)OCO4)CC2)c1C. The highest BCUT2D eigenvalue weighted by Gasteiger charge is 2.24. The molecule has 2 aromatic carbocycles. The summed E-state index contributed by atoms with van der Waals surface area (Å²) in [6, 6.07) is 12.5. The number of ether oxygens (including phenoxy) is 2. The fraction of sp³-hybridized carbons (Fsp3) is 0.435. The molecule has 2 aromatic rings. The predicted molar refractivity (Wildman–Crippen MR) is 113 cm³/mol. The highest BCUT2D eigenvalue weighted by molar-refractivity contribution is 5.77. The van der Waals surface area contributed by atoms with Gasteiger partial charge in [-0.1, -0.05) is 12.1 Å². The molecule has 1 fully saturated rings. The van der Waals surface area contributed by atoms with Crippen molar-refractivity contribution in [3.63, 3.8) is 0 Å². The molecule has 0 radical (unpaired) electrons. The minimum absolute atomic E-state index is 0.226. The van der Waals surface area contributed by atoms with Crippen LogP contribution in [0.1, 0.15) is 16.7 Å². The van der Waals surface area contributed by atoms with Gasteiger partial charge in [0.05, 0.1) is 7.05 Å². The minimum Gasteiger partial charge on any atom is -0.454 e. The Kier molecular flexibility index (Phi) is 5.62. The molecule has 154 valence electrons. The van der Waals surface area contributed by atoms with Gasteiger partial charge < -0.3 is 24.2 Å². The number of fused-ring (bicyclic) bond motifs is 1. The lowest BCUT2D eigenvalue weighted by Crippen LogP contribution is -3.09. The summed E-state index contributed by atoms with van der Waals surface area (Å²) in [5.74, 6) is 1.82. The largest absolute Gasteiger partial charge is 0.454 e. The van der Waals surface area contributed by atoms with E-state index in [9.17, 15) is 4.79 Å². The first-order chi connectivity index (χ1) is 14.0. The van der Waals surface area contributed by atoms with Crippen molar-refractivity contribution in [3.05, 3.63) is 53.1 Å². The number of aryl methyl sites for hydroxylation is 1. The van der Waals surface area contributed by atoms with Crippen LogP contribution in [0, 0.1) is 13.8 Å². The molecule has 0 saturated carbocycles. The smallest absolute Gasteiger partial charge is 0.277 e. The van der Waals surface area contributed by atoms with Crippen LogP contribution >= 0.6 is 0 Å². The third kappa shape index (κ3) is 4.32. The van der Waals surface area contributed by atoms with E-state index in [4.69, 9.17) is 9.47 Å².